The van der Waals surface area contributed by atoms with E-state index >= 15 is 0 Å². The SMILES string of the molecule is NOCCCCCN[C-]=O.[K+]. The van der Waals surface area contributed by atoms with Gasteiger partial charge >= 0.3 is 51.4 Å². The molecule has 0 radical (unpaired) electrons. The second-order valence-electron chi connectivity index (χ2n) is 1.96. The summed E-state index contributed by atoms with van der Waals surface area (Å²) in [5.41, 5.74) is 0. The molecule has 0 aliphatic heterocycles. The quantitative estimate of drug-likeness (QED) is 0.143. The van der Waals surface area contributed by atoms with Crippen LogP contribution in [0.5, 0.6) is 0 Å². The fraction of sp³-hybridized carbons (Fsp3) is 0.833. The van der Waals surface area contributed by atoms with E-state index in [0.717, 1.165) is 19.3 Å². The molecule has 11 heavy (non-hydrogen) atoms. The molecule has 3 N–H and O–H groups in total. The largest absolute Gasteiger partial charge is 1.00 e. The zero-order chi connectivity index (χ0) is 7.66. The second kappa shape index (κ2) is 13.6. The molecule has 0 rings (SSSR count). The van der Waals surface area contributed by atoms with Crippen LogP contribution >= 0.6 is 0 Å². The molecule has 60 valence electrons. The molecule has 0 atom stereocenters. The molecule has 0 bridgehead atoms. The van der Waals surface area contributed by atoms with Crippen molar-refractivity contribution < 1.29 is 61.0 Å². The minimum atomic E-state index is 0. The molecular weight excluding hydrogens is 171 g/mol. The van der Waals surface area contributed by atoms with Gasteiger partial charge in [-0.1, -0.05) is 0 Å². The molecule has 0 saturated heterocycles. The Bertz CT molecular complexity index is 83.0. The van der Waals surface area contributed by atoms with Crippen LogP contribution in [0.25, 0.3) is 0 Å². The maximum atomic E-state index is 9.61. The smallest absolute Gasteiger partial charge is 0.530 e. The number of unbranched alkanes of at least 4 members (excludes halogenated alkanes) is 2. The Balaban J connectivity index is 0. The zero-order valence-electron chi connectivity index (χ0n) is 6.93. The predicted octanol–water partition coefficient (Wildman–Crippen LogP) is -3.29. The summed E-state index contributed by atoms with van der Waals surface area (Å²) in [6.07, 6.45) is 4.52. The van der Waals surface area contributed by atoms with Crippen LogP contribution in [-0.4, -0.2) is 19.6 Å². The van der Waals surface area contributed by atoms with Crippen LogP contribution in [0.1, 0.15) is 19.3 Å². The molecule has 0 unspecified atom stereocenters. The van der Waals surface area contributed by atoms with Crippen molar-refractivity contribution >= 4 is 6.41 Å². The van der Waals surface area contributed by atoms with Gasteiger partial charge in [0.15, 0.2) is 0 Å². The summed E-state index contributed by atoms with van der Waals surface area (Å²) >= 11 is 0. The van der Waals surface area contributed by atoms with Crippen molar-refractivity contribution in [1.82, 2.24) is 5.32 Å². The molecule has 1 amide bonds. The molecule has 4 nitrogen and oxygen atoms in total. The average Bonchev–Trinajstić information content (AvgIpc) is 1.97. The fourth-order valence-electron chi connectivity index (χ4n) is 0.627. The molecule has 0 aromatic carbocycles. The Hall–Kier alpha value is 1.03. The Morgan fingerprint density at radius 2 is 2.09 bits per heavy atom. The van der Waals surface area contributed by atoms with Crippen molar-refractivity contribution in [3.05, 3.63) is 0 Å². The predicted molar refractivity (Wildman–Crippen MR) is 37.7 cm³/mol. The molecular formula is C6H13KN2O2. The van der Waals surface area contributed by atoms with Crippen molar-refractivity contribution in [2.45, 2.75) is 19.3 Å². The van der Waals surface area contributed by atoms with Crippen molar-refractivity contribution in [2.24, 2.45) is 5.90 Å². The van der Waals surface area contributed by atoms with Crippen LogP contribution in [0, 0.1) is 0 Å². The maximum Gasteiger partial charge on any atom is 1.00 e. The molecule has 0 aromatic heterocycles. The molecule has 0 aromatic rings. The first-order chi connectivity index (χ1) is 4.91. The Morgan fingerprint density at radius 3 is 2.64 bits per heavy atom. The van der Waals surface area contributed by atoms with Gasteiger partial charge in [0, 0.05) is 0 Å². The number of rotatable bonds is 7. The number of nitrogens with two attached hydrogens (primary N) is 1. The van der Waals surface area contributed by atoms with Gasteiger partial charge in [-0.25, -0.2) is 5.90 Å². The van der Waals surface area contributed by atoms with E-state index in [2.05, 4.69) is 10.2 Å². The van der Waals surface area contributed by atoms with Crippen molar-refractivity contribution in [2.75, 3.05) is 13.2 Å². The van der Waals surface area contributed by atoms with Crippen molar-refractivity contribution in [3.8, 4) is 0 Å². The third-order valence-corrected chi connectivity index (χ3v) is 1.14. The molecule has 0 spiro atoms. The molecule has 0 aliphatic carbocycles. The monoisotopic (exact) mass is 184 g/mol. The van der Waals surface area contributed by atoms with Crippen molar-refractivity contribution in [1.29, 1.82) is 0 Å². The van der Waals surface area contributed by atoms with E-state index in [9.17, 15) is 4.79 Å². The van der Waals surface area contributed by atoms with Gasteiger partial charge < -0.3 is 14.9 Å². The van der Waals surface area contributed by atoms with Crippen molar-refractivity contribution in [3.63, 3.8) is 0 Å². The third kappa shape index (κ3) is 13.9. The summed E-state index contributed by atoms with van der Waals surface area (Å²) in [6.45, 7) is 1.28. The van der Waals surface area contributed by atoms with Crippen LogP contribution in [0.15, 0.2) is 0 Å². The summed E-state index contributed by atoms with van der Waals surface area (Å²) < 4.78 is 0. The fourth-order valence-corrected chi connectivity index (χ4v) is 0.627. The van der Waals surface area contributed by atoms with Gasteiger partial charge in [0.1, 0.15) is 0 Å². The van der Waals surface area contributed by atoms with Crippen LogP contribution in [0.3, 0.4) is 0 Å². The summed E-state index contributed by atoms with van der Waals surface area (Å²) in [6, 6.07) is 0. The van der Waals surface area contributed by atoms with E-state index < -0.39 is 0 Å². The van der Waals surface area contributed by atoms with E-state index in [1.165, 1.54) is 0 Å². The number of nitrogens with one attached hydrogen (secondary N) is 1. The van der Waals surface area contributed by atoms with E-state index in [1.807, 2.05) is 0 Å². The van der Waals surface area contributed by atoms with E-state index in [0.29, 0.717) is 13.2 Å². The van der Waals surface area contributed by atoms with Gasteiger partial charge in [0.05, 0.1) is 6.61 Å². The summed E-state index contributed by atoms with van der Waals surface area (Å²) in [5.74, 6) is 4.79. The van der Waals surface area contributed by atoms with Crippen LogP contribution in [-0.2, 0) is 9.63 Å². The maximum absolute atomic E-state index is 9.61. The average molecular weight is 184 g/mol. The van der Waals surface area contributed by atoms with E-state index in [-0.39, 0.29) is 51.4 Å². The van der Waals surface area contributed by atoms with Gasteiger partial charge in [-0.3, -0.25) is 0 Å². The Kier molecular flexibility index (Phi) is 18.0. The van der Waals surface area contributed by atoms with Gasteiger partial charge in [-0.15, -0.1) is 0 Å². The first-order valence-electron chi connectivity index (χ1n) is 3.33. The number of amides is 1. The number of hydrogen-bond donors (Lipinski definition) is 2. The minimum absolute atomic E-state index is 0. The van der Waals surface area contributed by atoms with Gasteiger partial charge in [-0.05, 0) is 25.8 Å². The first-order valence-corrected chi connectivity index (χ1v) is 3.33. The molecule has 0 aliphatic rings. The van der Waals surface area contributed by atoms with E-state index in [4.69, 9.17) is 5.90 Å². The first kappa shape index (κ1) is 14.5. The third-order valence-electron chi connectivity index (χ3n) is 1.14. The minimum Gasteiger partial charge on any atom is -0.530 e. The van der Waals surface area contributed by atoms with Gasteiger partial charge in [-0.2, -0.15) is 6.41 Å². The van der Waals surface area contributed by atoms with Crippen LogP contribution in [0.4, 0.5) is 0 Å². The molecule has 0 fully saturated rings. The van der Waals surface area contributed by atoms with Gasteiger partial charge in [0.2, 0.25) is 0 Å². The van der Waals surface area contributed by atoms with Gasteiger partial charge in [0.25, 0.3) is 0 Å². The topological polar surface area (TPSA) is 64.3 Å². The zero-order valence-corrected chi connectivity index (χ0v) is 10.1. The standard InChI is InChI=1S/C6H13N2O2.K/c7-10-5-3-1-2-4-8-6-9;/h1-5,7H2,(H,8,9);/q-1;+1. The summed E-state index contributed by atoms with van der Waals surface area (Å²) in [4.78, 5) is 14.0. The number of hydrogen-bond acceptors (Lipinski definition) is 3. The van der Waals surface area contributed by atoms with Crippen LogP contribution in [0.2, 0.25) is 0 Å². The molecule has 0 heterocycles. The summed E-state index contributed by atoms with van der Waals surface area (Å²) in [7, 11) is 0. The Morgan fingerprint density at radius 1 is 1.36 bits per heavy atom. The summed E-state index contributed by atoms with van der Waals surface area (Å²) in [5, 5.41) is 2.45. The molecule has 5 heteroatoms. The van der Waals surface area contributed by atoms with E-state index in [1.54, 1.807) is 6.41 Å². The van der Waals surface area contributed by atoms with Crippen LogP contribution < -0.4 is 62.6 Å². The second-order valence-corrected chi connectivity index (χ2v) is 1.96. The Labute approximate surface area is 110 Å². The normalized spacial score (nSPS) is 8.45. The molecule has 0 saturated carbocycles. The number of carbonyl (C=O) groups excluding carboxylic acids is 1.